The molecule has 154 valence electrons. The summed E-state index contributed by atoms with van der Waals surface area (Å²) in [5, 5.41) is 5.59. The van der Waals surface area contributed by atoms with Gasteiger partial charge in [0, 0.05) is 17.3 Å². The third-order valence-corrected chi connectivity index (χ3v) is 4.65. The van der Waals surface area contributed by atoms with Gasteiger partial charge in [-0.25, -0.2) is 9.97 Å². The van der Waals surface area contributed by atoms with Crippen molar-refractivity contribution in [1.82, 2.24) is 14.9 Å². The van der Waals surface area contributed by atoms with Crippen molar-refractivity contribution < 1.29 is 4.42 Å². The minimum atomic E-state index is 0. The van der Waals surface area contributed by atoms with E-state index in [1.165, 1.54) is 0 Å². The van der Waals surface area contributed by atoms with E-state index in [2.05, 4.69) is 43.4 Å². The van der Waals surface area contributed by atoms with Gasteiger partial charge in [-0.15, -0.1) is 24.8 Å². The molecule has 0 saturated carbocycles. The zero-order chi connectivity index (χ0) is 18.8. The summed E-state index contributed by atoms with van der Waals surface area (Å²) < 4.78 is 6.00. The van der Waals surface area contributed by atoms with Gasteiger partial charge >= 0.3 is 0 Å². The Hall–Kier alpha value is -2.34. The van der Waals surface area contributed by atoms with Gasteiger partial charge in [-0.3, -0.25) is 0 Å². The fourth-order valence-electron chi connectivity index (χ4n) is 3.23. The van der Waals surface area contributed by atoms with E-state index >= 15 is 0 Å². The zero-order valence-electron chi connectivity index (χ0n) is 16.8. The Kier molecular flexibility index (Phi) is 7.85. The SMILES string of the molecule is Cc1cccc2c(NCCCN(C)C)nc(-c3cc4ccccc4o3)nc12.Cl.Cl. The van der Waals surface area contributed by atoms with Crippen LogP contribution in [0.3, 0.4) is 0 Å². The van der Waals surface area contributed by atoms with Gasteiger partial charge in [-0.2, -0.15) is 0 Å². The molecule has 0 bridgehead atoms. The van der Waals surface area contributed by atoms with E-state index in [1.807, 2.05) is 36.4 Å². The first-order valence-electron chi connectivity index (χ1n) is 9.27. The quantitative estimate of drug-likeness (QED) is 0.404. The summed E-state index contributed by atoms with van der Waals surface area (Å²) in [6.45, 7) is 3.97. The molecule has 4 aromatic rings. The van der Waals surface area contributed by atoms with Crippen molar-refractivity contribution in [2.45, 2.75) is 13.3 Å². The average molecular weight is 433 g/mol. The van der Waals surface area contributed by atoms with Crippen molar-refractivity contribution in [1.29, 1.82) is 0 Å². The van der Waals surface area contributed by atoms with Crippen LogP contribution in [0.15, 0.2) is 52.9 Å². The van der Waals surface area contributed by atoms with E-state index in [-0.39, 0.29) is 24.8 Å². The predicted octanol–water partition coefficient (Wildman–Crippen LogP) is 5.56. The number of rotatable bonds is 6. The largest absolute Gasteiger partial charge is 0.453 e. The number of para-hydroxylation sites is 2. The summed E-state index contributed by atoms with van der Waals surface area (Å²) in [6.07, 6.45) is 1.05. The van der Waals surface area contributed by atoms with Gasteiger partial charge in [-0.1, -0.05) is 30.3 Å². The molecule has 1 N–H and O–H groups in total. The number of benzene rings is 2. The third-order valence-electron chi connectivity index (χ3n) is 4.65. The van der Waals surface area contributed by atoms with Crippen LogP contribution in [0.5, 0.6) is 0 Å². The van der Waals surface area contributed by atoms with E-state index in [1.54, 1.807) is 0 Å². The maximum absolute atomic E-state index is 6.00. The van der Waals surface area contributed by atoms with Crippen molar-refractivity contribution in [2.24, 2.45) is 0 Å². The second-order valence-corrected chi connectivity index (χ2v) is 7.10. The normalized spacial score (nSPS) is 10.8. The molecule has 0 aliphatic carbocycles. The topological polar surface area (TPSA) is 54.2 Å². The van der Waals surface area contributed by atoms with Crippen LogP contribution in [0.2, 0.25) is 0 Å². The van der Waals surface area contributed by atoms with E-state index < -0.39 is 0 Å². The summed E-state index contributed by atoms with van der Waals surface area (Å²) in [7, 11) is 4.17. The van der Waals surface area contributed by atoms with Gasteiger partial charge in [0.1, 0.15) is 11.4 Å². The molecule has 29 heavy (non-hydrogen) atoms. The lowest BCUT2D eigenvalue weighted by atomic mass is 10.1. The lowest BCUT2D eigenvalue weighted by Crippen LogP contribution is -2.17. The Labute approximate surface area is 183 Å². The number of hydrogen-bond acceptors (Lipinski definition) is 5. The number of furan rings is 1. The molecule has 7 heteroatoms. The molecule has 4 rings (SSSR count). The van der Waals surface area contributed by atoms with Crippen molar-refractivity contribution >= 4 is 52.5 Å². The number of nitrogens with zero attached hydrogens (tertiary/aromatic N) is 3. The Morgan fingerprint density at radius 1 is 1.00 bits per heavy atom. The highest BCUT2D eigenvalue weighted by Gasteiger charge is 2.14. The second kappa shape index (κ2) is 9.92. The second-order valence-electron chi connectivity index (χ2n) is 7.10. The van der Waals surface area contributed by atoms with E-state index in [0.29, 0.717) is 11.6 Å². The molecular formula is C22H26Cl2N4O. The van der Waals surface area contributed by atoms with Crippen molar-refractivity contribution in [3.8, 4) is 11.6 Å². The molecule has 5 nitrogen and oxygen atoms in total. The van der Waals surface area contributed by atoms with Crippen LogP contribution in [-0.4, -0.2) is 42.1 Å². The van der Waals surface area contributed by atoms with Crippen LogP contribution >= 0.6 is 24.8 Å². The molecule has 2 aromatic carbocycles. The summed E-state index contributed by atoms with van der Waals surface area (Å²) in [6, 6.07) is 16.2. The van der Waals surface area contributed by atoms with E-state index in [9.17, 15) is 0 Å². The zero-order valence-corrected chi connectivity index (χ0v) is 18.4. The van der Waals surface area contributed by atoms with Crippen molar-refractivity contribution in [3.05, 3.63) is 54.1 Å². The number of halogens is 2. The van der Waals surface area contributed by atoms with Gasteiger partial charge in [0.25, 0.3) is 0 Å². The lowest BCUT2D eigenvalue weighted by molar-refractivity contribution is 0.405. The molecule has 0 aliphatic heterocycles. The first-order valence-corrected chi connectivity index (χ1v) is 9.27. The van der Waals surface area contributed by atoms with Gasteiger partial charge < -0.3 is 14.6 Å². The Morgan fingerprint density at radius 2 is 1.79 bits per heavy atom. The molecule has 0 aliphatic rings. The summed E-state index contributed by atoms with van der Waals surface area (Å²) >= 11 is 0. The summed E-state index contributed by atoms with van der Waals surface area (Å²) in [5.74, 6) is 2.17. The number of nitrogens with one attached hydrogen (secondary N) is 1. The Morgan fingerprint density at radius 3 is 2.55 bits per heavy atom. The summed E-state index contributed by atoms with van der Waals surface area (Å²) in [5.41, 5.74) is 2.93. The van der Waals surface area contributed by atoms with Crippen LogP contribution in [0.1, 0.15) is 12.0 Å². The minimum absolute atomic E-state index is 0. The molecule has 0 spiro atoms. The predicted molar refractivity (Wildman–Crippen MR) is 126 cm³/mol. The number of aromatic nitrogens is 2. The molecule has 0 atom stereocenters. The fraction of sp³-hybridized carbons (Fsp3) is 0.273. The molecule has 0 fully saturated rings. The van der Waals surface area contributed by atoms with Crippen LogP contribution < -0.4 is 5.32 Å². The van der Waals surface area contributed by atoms with Gasteiger partial charge in [-0.05, 0) is 57.7 Å². The fourth-order valence-corrected chi connectivity index (χ4v) is 3.23. The number of fused-ring (bicyclic) bond motifs is 2. The van der Waals surface area contributed by atoms with Crippen LogP contribution in [0, 0.1) is 6.92 Å². The first-order chi connectivity index (χ1) is 13.1. The number of hydrogen-bond donors (Lipinski definition) is 1. The maximum atomic E-state index is 6.00. The molecule has 0 radical (unpaired) electrons. The van der Waals surface area contributed by atoms with Crippen LogP contribution in [0.25, 0.3) is 33.5 Å². The Bertz CT molecular complexity index is 1060. The van der Waals surface area contributed by atoms with E-state index in [4.69, 9.17) is 14.4 Å². The third kappa shape index (κ3) is 4.99. The molecule has 2 heterocycles. The minimum Gasteiger partial charge on any atom is -0.453 e. The molecule has 2 aromatic heterocycles. The van der Waals surface area contributed by atoms with Crippen molar-refractivity contribution in [3.63, 3.8) is 0 Å². The average Bonchev–Trinajstić information content (AvgIpc) is 3.09. The maximum Gasteiger partial charge on any atom is 0.198 e. The summed E-state index contributed by atoms with van der Waals surface area (Å²) in [4.78, 5) is 11.8. The standard InChI is InChI=1S/C22H24N4O.2ClH/c1-15-8-6-10-17-20(15)24-22(25-21(17)23-12-7-13-26(2)3)19-14-16-9-4-5-11-18(16)27-19;;/h4-6,8-11,14H,7,12-13H2,1-3H3,(H,23,24,25);2*1H. The lowest BCUT2D eigenvalue weighted by Gasteiger charge is -2.13. The van der Waals surface area contributed by atoms with Gasteiger partial charge in [0.05, 0.1) is 5.52 Å². The highest BCUT2D eigenvalue weighted by Crippen LogP contribution is 2.30. The van der Waals surface area contributed by atoms with Crippen molar-refractivity contribution in [2.75, 3.05) is 32.5 Å². The molecule has 0 saturated heterocycles. The first kappa shape index (κ1) is 22.9. The van der Waals surface area contributed by atoms with Gasteiger partial charge in [0.2, 0.25) is 0 Å². The monoisotopic (exact) mass is 432 g/mol. The highest BCUT2D eigenvalue weighted by molar-refractivity contribution is 5.93. The number of aryl methyl sites for hydroxylation is 1. The molecular weight excluding hydrogens is 407 g/mol. The molecule has 0 unspecified atom stereocenters. The van der Waals surface area contributed by atoms with Crippen LogP contribution in [0.4, 0.5) is 5.82 Å². The van der Waals surface area contributed by atoms with Gasteiger partial charge in [0.15, 0.2) is 11.6 Å². The number of anilines is 1. The smallest absolute Gasteiger partial charge is 0.198 e. The van der Waals surface area contributed by atoms with E-state index in [0.717, 1.165) is 52.8 Å². The molecule has 0 amide bonds. The van der Waals surface area contributed by atoms with Crippen LogP contribution in [-0.2, 0) is 0 Å². The highest BCUT2D eigenvalue weighted by atomic mass is 35.5. The Balaban J connectivity index is 0.00000150.